The second-order valence-electron chi connectivity index (χ2n) is 5.26. The molecule has 0 radical (unpaired) electrons. The quantitative estimate of drug-likeness (QED) is 0.896. The summed E-state index contributed by atoms with van der Waals surface area (Å²) in [6.45, 7) is 2.97. The Morgan fingerprint density at radius 3 is 2.79 bits per heavy atom. The highest BCUT2D eigenvalue weighted by molar-refractivity contribution is 6.30. The molecule has 7 heteroatoms. The number of nitrogens with one attached hydrogen (secondary N) is 1. The molecule has 24 heavy (non-hydrogen) atoms. The molecule has 126 valence electrons. The van der Waals surface area contributed by atoms with Crippen molar-refractivity contribution < 1.29 is 18.7 Å². The Kier molecular flexibility index (Phi) is 4.76. The van der Waals surface area contributed by atoms with Crippen LogP contribution in [-0.2, 0) is 6.54 Å². The van der Waals surface area contributed by atoms with Crippen molar-refractivity contribution in [3.8, 4) is 11.5 Å². The van der Waals surface area contributed by atoms with Crippen LogP contribution >= 0.6 is 11.6 Å². The molecule has 0 atom stereocenters. The molecule has 0 bridgehead atoms. The number of nitrogens with zero attached hydrogens (tertiary/aromatic N) is 1. The second kappa shape index (κ2) is 6.97. The average Bonchev–Trinajstić information content (AvgIpc) is 3.03. The standard InChI is InChI=1S/C17H16ClFN2O3/c1-2-21(9-11-3-6-15-16(7-11)24-10-23-15)17(22)20-12-4-5-13(18)14(19)8-12/h3-8H,2,9-10H2,1H3,(H,20,22). The zero-order valence-corrected chi connectivity index (χ0v) is 13.8. The largest absolute Gasteiger partial charge is 0.454 e. The lowest BCUT2D eigenvalue weighted by Crippen LogP contribution is -2.34. The van der Waals surface area contributed by atoms with Gasteiger partial charge in [-0.2, -0.15) is 0 Å². The molecule has 0 spiro atoms. The number of benzene rings is 2. The molecule has 2 aromatic carbocycles. The van der Waals surface area contributed by atoms with Gasteiger partial charge in [-0.1, -0.05) is 17.7 Å². The Labute approximate surface area is 143 Å². The SMILES string of the molecule is CCN(Cc1ccc2c(c1)OCO2)C(=O)Nc1ccc(Cl)c(F)c1. The number of halogens is 2. The number of fused-ring (bicyclic) bond motifs is 1. The van der Waals surface area contributed by atoms with Crippen LogP contribution in [0.5, 0.6) is 11.5 Å². The van der Waals surface area contributed by atoms with Crippen LogP contribution in [-0.4, -0.2) is 24.3 Å². The monoisotopic (exact) mass is 350 g/mol. The minimum absolute atomic E-state index is 0.0145. The number of hydrogen-bond donors (Lipinski definition) is 1. The zero-order valence-electron chi connectivity index (χ0n) is 13.0. The third-order valence-corrected chi connectivity index (χ3v) is 3.96. The van der Waals surface area contributed by atoms with Crippen LogP contribution in [0, 0.1) is 5.82 Å². The highest BCUT2D eigenvalue weighted by Crippen LogP contribution is 2.32. The van der Waals surface area contributed by atoms with E-state index in [2.05, 4.69) is 5.32 Å². The van der Waals surface area contributed by atoms with Crippen LogP contribution in [0.2, 0.25) is 5.02 Å². The third-order valence-electron chi connectivity index (χ3n) is 3.65. The molecule has 0 aliphatic carbocycles. The fraction of sp³-hybridized carbons (Fsp3) is 0.235. The molecular weight excluding hydrogens is 335 g/mol. The minimum Gasteiger partial charge on any atom is -0.454 e. The topological polar surface area (TPSA) is 50.8 Å². The normalized spacial score (nSPS) is 12.1. The first kappa shape index (κ1) is 16.4. The van der Waals surface area contributed by atoms with Crippen LogP contribution in [0.3, 0.4) is 0 Å². The minimum atomic E-state index is -0.576. The Bertz CT molecular complexity index is 769. The smallest absolute Gasteiger partial charge is 0.322 e. The van der Waals surface area contributed by atoms with Crippen molar-refractivity contribution in [2.75, 3.05) is 18.7 Å². The van der Waals surface area contributed by atoms with Gasteiger partial charge in [0.05, 0.1) is 5.02 Å². The summed E-state index contributed by atoms with van der Waals surface area (Å²) in [5, 5.41) is 2.68. The van der Waals surface area contributed by atoms with Crippen LogP contribution in [0.1, 0.15) is 12.5 Å². The van der Waals surface area contributed by atoms with E-state index in [-0.39, 0.29) is 17.8 Å². The molecule has 0 unspecified atom stereocenters. The first-order chi connectivity index (χ1) is 11.6. The second-order valence-corrected chi connectivity index (χ2v) is 5.67. The number of ether oxygens (including phenoxy) is 2. The van der Waals surface area contributed by atoms with Crippen molar-refractivity contribution in [3.05, 3.63) is 52.8 Å². The number of urea groups is 1. The molecule has 0 fully saturated rings. The van der Waals surface area contributed by atoms with E-state index in [4.69, 9.17) is 21.1 Å². The van der Waals surface area contributed by atoms with Gasteiger partial charge in [0, 0.05) is 18.8 Å². The van der Waals surface area contributed by atoms with Gasteiger partial charge in [0.25, 0.3) is 0 Å². The van der Waals surface area contributed by atoms with Gasteiger partial charge in [-0.15, -0.1) is 0 Å². The Hall–Kier alpha value is -2.47. The highest BCUT2D eigenvalue weighted by atomic mass is 35.5. The third kappa shape index (κ3) is 3.54. The maximum Gasteiger partial charge on any atom is 0.322 e. The molecule has 1 aliphatic rings. The lowest BCUT2D eigenvalue weighted by atomic mass is 10.2. The number of carbonyl (C=O) groups is 1. The molecule has 1 heterocycles. The van der Waals surface area contributed by atoms with Gasteiger partial charge < -0.3 is 19.7 Å². The van der Waals surface area contributed by atoms with Crippen molar-refractivity contribution in [3.63, 3.8) is 0 Å². The molecule has 0 saturated heterocycles. The van der Waals surface area contributed by atoms with Gasteiger partial charge in [0.2, 0.25) is 6.79 Å². The Balaban J connectivity index is 1.68. The number of anilines is 1. The first-order valence-corrected chi connectivity index (χ1v) is 7.84. The zero-order chi connectivity index (χ0) is 17.1. The lowest BCUT2D eigenvalue weighted by molar-refractivity contribution is 0.174. The number of carbonyl (C=O) groups excluding carboxylic acids is 1. The van der Waals surface area contributed by atoms with E-state index in [1.165, 1.54) is 12.1 Å². The van der Waals surface area contributed by atoms with Crippen LogP contribution < -0.4 is 14.8 Å². The maximum atomic E-state index is 13.5. The molecule has 2 amide bonds. The van der Waals surface area contributed by atoms with Crippen molar-refractivity contribution in [1.82, 2.24) is 4.90 Å². The summed E-state index contributed by atoms with van der Waals surface area (Å²) in [7, 11) is 0. The predicted octanol–water partition coefficient (Wildman–Crippen LogP) is 4.26. The fourth-order valence-corrected chi connectivity index (χ4v) is 2.48. The molecule has 1 aliphatic heterocycles. The van der Waals surface area contributed by atoms with E-state index in [0.29, 0.717) is 30.3 Å². The summed E-state index contributed by atoms with van der Waals surface area (Å²) < 4.78 is 24.1. The van der Waals surface area contributed by atoms with E-state index >= 15 is 0 Å². The molecule has 2 aromatic rings. The van der Waals surface area contributed by atoms with E-state index in [1.807, 2.05) is 25.1 Å². The van der Waals surface area contributed by atoms with Gasteiger partial charge in [-0.25, -0.2) is 9.18 Å². The number of hydrogen-bond acceptors (Lipinski definition) is 3. The summed E-state index contributed by atoms with van der Waals surface area (Å²) in [6.07, 6.45) is 0. The van der Waals surface area contributed by atoms with Crippen molar-refractivity contribution in [2.24, 2.45) is 0 Å². The molecule has 0 saturated carbocycles. The summed E-state index contributed by atoms with van der Waals surface area (Å²) in [6, 6.07) is 9.37. The van der Waals surface area contributed by atoms with Gasteiger partial charge in [0.1, 0.15) is 5.82 Å². The van der Waals surface area contributed by atoms with Gasteiger partial charge in [-0.05, 0) is 42.8 Å². The summed E-state index contributed by atoms with van der Waals surface area (Å²) >= 11 is 5.64. The van der Waals surface area contributed by atoms with E-state index < -0.39 is 5.82 Å². The summed E-state index contributed by atoms with van der Waals surface area (Å²) in [5.41, 5.74) is 1.27. The molecule has 1 N–H and O–H groups in total. The molecule has 0 aromatic heterocycles. The highest BCUT2D eigenvalue weighted by Gasteiger charge is 2.17. The predicted molar refractivity (Wildman–Crippen MR) is 89.1 cm³/mol. The average molecular weight is 351 g/mol. The van der Waals surface area contributed by atoms with Crippen molar-refractivity contribution >= 4 is 23.3 Å². The van der Waals surface area contributed by atoms with Gasteiger partial charge in [0.15, 0.2) is 11.5 Å². The Morgan fingerprint density at radius 1 is 1.25 bits per heavy atom. The van der Waals surface area contributed by atoms with E-state index in [0.717, 1.165) is 5.56 Å². The molecular formula is C17H16ClFN2O3. The van der Waals surface area contributed by atoms with E-state index in [9.17, 15) is 9.18 Å². The molecule has 5 nitrogen and oxygen atoms in total. The van der Waals surface area contributed by atoms with Gasteiger partial charge in [-0.3, -0.25) is 0 Å². The van der Waals surface area contributed by atoms with Crippen molar-refractivity contribution in [1.29, 1.82) is 0 Å². The number of amides is 2. The molecule has 3 rings (SSSR count). The van der Waals surface area contributed by atoms with Crippen LogP contribution in [0.15, 0.2) is 36.4 Å². The van der Waals surface area contributed by atoms with Crippen molar-refractivity contribution in [2.45, 2.75) is 13.5 Å². The van der Waals surface area contributed by atoms with Crippen LogP contribution in [0.25, 0.3) is 0 Å². The van der Waals surface area contributed by atoms with Crippen LogP contribution in [0.4, 0.5) is 14.9 Å². The summed E-state index contributed by atoms with van der Waals surface area (Å²) in [4.78, 5) is 14.0. The Morgan fingerprint density at radius 2 is 2.04 bits per heavy atom. The fourth-order valence-electron chi connectivity index (χ4n) is 2.36. The number of rotatable bonds is 4. The maximum absolute atomic E-state index is 13.5. The lowest BCUT2D eigenvalue weighted by Gasteiger charge is -2.21. The first-order valence-electron chi connectivity index (χ1n) is 7.46. The summed E-state index contributed by atoms with van der Waals surface area (Å²) in [5.74, 6) is 0.792. The van der Waals surface area contributed by atoms with Gasteiger partial charge >= 0.3 is 6.03 Å². The van der Waals surface area contributed by atoms with E-state index in [1.54, 1.807) is 11.0 Å².